The highest BCUT2D eigenvalue weighted by Crippen LogP contribution is 2.31. The molecule has 1 aromatic heterocycles. The van der Waals surface area contributed by atoms with Gasteiger partial charge in [-0.1, -0.05) is 48.5 Å². The lowest BCUT2D eigenvalue weighted by molar-refractivity contribution is -0.134. The number of thiophene rings is 1. The van der Waals surface area contributed by atoms with Crippen LogP contribution in [0.4, 0.5) is 5.69 Å². The summed E-state index contributed by atoms with van der Waals surface area (Å²) in [4.78, 5) is 30.6. The Labute approximate surface area is 180 Å². The molecule has 5 nitrogen and oxygen atoms in total. The molecule has 0 fully saturated rings. The van der Waals surface area contributed by atoms with Gasteiger partial charge >= 0.3 is 0 Å². The summed E-state index contributed by atoms with van der Waals surface area (Å²) in [6.45, 7) is 2.52. The zero-order chi connectivity index (χ0) is 20.9. The Balaban J connectivity index is 1.56. The summed E-state index contributed by atoms with van der Waals surface area (Å²) in [6, 6.07) is 21.4. The van der Waals surface area contributed by atoms with E-state index >= 15 is 0 Å². The van der Waals surface area contributed by atoms with Gasteiger partial charge < -0.3 is 9.64 Å². The van der Waals surface area contributed by atoms with Crippen LogP contribution in [-0.2, 0) is 22.6 Å². The largest absolute Gasteiger partial charge is 0.482 e. The van der Waals surface area contributed by atoms with Crippen molar-refractivity contribution < 1.29 is 14.3 Å². The number of para-hydroxylation sites is 2. The van der Waals surface area contributed by atoms with Crippen LogP contribution < -0.4 is 9.64 Å². The van der Waals surface area contributed by atoms with E-state index in [0.29, 0.717) is 18.0 Å². The minimum Gasteiger partial charge on any atom is -0.482 e. The molecule has 4 rings (SSSR count). The zero-order valence-corrected chi connectivity index (χ0v) is 17.7. The van der Waals surface area contributed by atoms with Gasteiger partial charge in [0.15, 0.2) is 6.61 Å². The molecule has 1 aliphatic heterocycles. The Morgan fingerprint density at radius 3 is 2.63 bits per heavy atom. The third kappa shape index (κ3) is 4.54. The van der Waals surface area contributed by atoms with Crippen LogP contribution in [-0.4, -0.2) is 35.9 Å². The van der Waals surface area contributed by atoms with E-state index in [9.17, 15) is 9.59 Å². The van der Waals surface area contributed by atoms with E-state index in [1.165, 1.54) is 9.78 Å². The van der Waals surface area contributed by atoms with E-state index in [-0.39, 0.29) is 31.0 Å². The lowest BCUT2D eigenvalue weighted by Gasteiger charge is -2.34. The number of carbonyl (C=O) groups excluding carboxylic acids is 2. The fourth-order valence-corrected chi connectivity index (χ4v) is 4.48. The van der Waals surface area contributed by atoms with Crippen LogP contribution in [0.25, 0.3) is 0 Å². The molecule has 1 aliphatic rings. The molecule has 1 unspecified atom stereocenters. The summed E-state index contributed by atoms with van der Waals surface area (Å²) in [5, 5.41) is 2.05. The Morgan fingerprint density at radius 2 is 1.87 bits per heavy atom. The highest BCUT2D eigenvalue weighted by Gasteiger charge is 2.30. The standard InChI is InChI=1S/C24H24N2O3S/c1-18(14-20-10-7-13-30-20)25(15-19-8-3-2-4-9-19)23(27)16-26-21-11-5-6-12-22(21)29-17-24(26)28/h2-13,18H,14-17H2,1H3. The minimum absolute atomic E-state index is 0.000814. The second-order valence-corrected chi connectivity index (χ2v) is 8.41. The Hall–Kier alpha value is -3.12. The van der Waals surface area contributed by atoms with Crippen molar-refractivity contribution in [3.05, 3.63) is 82.6 Å². The molecule has 0 saturated carbocycles. The minimum atomic E-state index is -0.201. The number of carbonyl (C=O) groups is 2. The predicted octanol–water partition coefficient (Wildman–Crippen LogP) is 4.13. The van der Waals surface area contributed by atoms with Crippen molar-refractivity contribution in [2.75, 3.05) is 18.1 Å². The Kier molecular flexibility index (Phi) is 6.14. The van der Waals surface area contributed by atoms with Crippen LogP contribution in [0.5, 0.6) is 5.75 Å². The fraction of sp³-hybridized carbons (Fsp3) is 0.250. The van der Waals surface area contributed by atoms with Crippen molar-refractivity contribution in [1.82, 2.24) is 4.90 Å². The third-order valence-electron chi connectivity index (χ3n) is 5.23. The van der Waals surface area contributed by atoms with Crippen LogP contribution in [0.1, 0.15) is 17.4 Å². The van der Waals surface area contributed by atoms with E-state index < -0.39 is 0 Å². The average molecular weight is 421 g/mol. The molecule has 0 radical (unpaired) electrons. The number of fused-ring (bicyclic) bond motifs is 1. The van der Waals surface area contributed by atoms with Gasteiger partial charge in [-0.2, -0.15) is 0 Å². The predicted molar refractivity (Wildman–Crippen MR) is 119 cm³/mol. The number of hydrogen-bond donors (Lipinski definition) is 0. The summed E-state index contributed by atoms with van der Waals surface area (Å²) < 4.78 is 5.51. The van der Waals surface area contributed by atoms with E-state index in [1.807, 2.05) is 65.6 Å². The van der Waals surface area contributed by atoms with E-state index in [4.69, 9.17) is 4.74 Å². The molecular formula is C24H24N2O3S. The summed E-state index contributed by atoms with van der Waals surface area (Å²) in [7, 11) is 0. The molecule has 1 atom stereocenters. The molecule has 0 aliphatic carbocycles. The first-order valence-corrected chi connectivity index (χ1v) is 10.9. The number of nitrogens with zero attached hydrogens (tertiary/aromatic N) is 2. The summed E-state index contributed by atoms with van der Waals surface area (Å²) in [6.07, 6.45) is 0.782. The zero-order valence-electron chi connectivity index (χ0n) is 16.9. The quantitative estimate of drug-likeness (QED) is 0.577. The molecule has 0 N–H and O–H groups in total. The lowest BCUT2D eigenvalue weighted by Crippen LogP contribution is -2.48. The van der Waals surface area contributed by atoms with Gasteiger partial charge in [0.2, 0.25) is 5.91 Å². The average Bonchev–Trinajstić information content (AvgIpc) is 3.27. The molecule has 6 heteroatoms. The van der Waals surface area contributed by atoms with E-state index in [2.05, 4.69) is 18.4 Å². The molecular weight excluding hydrogens is 396 g/mol. The Bertz CT molecular complexity index is 1000. The first kappa shape index (κ1) is 20.2. The molecule has 0 bridgehead atoms. The molecule has 30 heavy (non-hydrogen) atoms. The van der Waals surface area contributed by atoms with Gasteiger partial charge in [0.1, 0.15) is 12.3 Å². The van der Waals surface area contributed by atoms with Crippen LogP contribution in [0.2, 0.25) is 0 Å². The first-order chi connectivity index (χ1) is 14.6. The number of anilines is 1. The normalized spacial score (nSPS) is 14.0. The first-order valence-electron chi connectivity index (χ1n) is 10.00. The van der Waals surface area contributed by atoms with Crippen LogP contribution >= 0.6 is 11.3 Å². The highest BCUT2D eigenvalue weighted by atomic mass is 32.1. The van der Waals surface area contributed by atoms with Gasteiger partial charge in [-0.05, 0) is 36.1 Å². The van der Waals surface area contributed by atoms with Crippen molar-refractivity contribution in [2.24, 2.45) is 0 Å². The van der Waals surface area contributed by atoms with E-state index in [0.717, 1.165) is 12.0 Å². The van der Waals surface area contributed by atoms with Crippen molar-refractivity contribution in [3.8, 4) is 5.75 Å². The number of ether oxygens (including phenoxy) is 1. The second kappa shape index (κ2) is 9.13. The summed E-state index contributed by atoms with van der Waals surface area (Å²) in [5.41, 5.74) is 1.71. The lowest BCUT2D eigenvalue weighted by atomic mass is 10.1. The maximum absolute atomic E-state index is 13.4. The fourth-order valence-electron chi connectivity index (χ4n) is 3.65. The summed E-state index contributed by atoms with van der Waals surface area (Å²) in [5.74, 6) is 0.353. The van der Waals surface area contributed by atoms with Crippen LogP contribution in [0, 0.1) is 0 Å². The molecule has 2 heterocycles. The topological polar surface area (TPSA) is 49.9 Å². The molecule has 2 amide bonds. The number of amides is 2. The second-order valence-electron chi connectivity index (χ2n) is 7.38. The van der Waals surface area contributed by atoms with E-state index in [1.54, 1.807) is 11.3 Å². The molecule has 3 aromatic rings. The SMILES string of the molecule is CC(Cc1cccs1)N(Cc1ccccc1)C(=O)CN1C(=O)COc2ccccc21. The van der Waals surface area contributed by atoms with Crippen molar-refractivity contribution in [2.45, 2.75) is 25.9 Å². The molecule has 2 aromatic carbocycles. The highest BCUT2D eigenvalue weighted by molar-refractivity contribution is 7.09. The van der Waals surface area contributed by atoms with Crippen molar-refractivity contribution in [1.29, 1.82) is 0 Å². The number of rotatable bonds is 7. The number of benzene rings is 2. The third-order valence-corrected chi connectivity index (χ3v) is 6.13. The smallest absolute Gasteiger partial charge is 0.265 e. The molecule has 0 saturated heterocycles. The van der Waals surface area contributed by atoms with Gasteiger partial charge in [-0.15, -0.1) is 11.3 Å². The molecule has 0 spiro atoms. The maximum Gasteiger partial charge on any atom is 0.265 e. The monoisotopic (exact) mass is 420 g/mol. The van der Waals surface area contributed by atoms with Gasteiger partial charge in [-0.25, -0.2) is 0 Å². The van der Waals surface area contributed by atoms with Gasteiger partial charge in [-0.3, -0.25) is 14.5 Å². The van der Waals surface area contributed by atoms with Crippen molar-refractivity contribution >= 4 is 28.8 Å². The van der Waals surface area contributed by atoms with Gasteiger partial charge in [0, 0.05) is 23.9 Å². The maximum atomic E-state index is 13.4. The van der Waals surface area contributed by atoms with Crippen LogP contribution in [0.15, 0.2) is 72.1 Å². The molecule has 154 valence electrons. The van der Waals surface area contributed by atoms with Gasteiger partial charge in [0.25, 0.3) is 5.91 Å². The van der Waals surface area contributed by atoms with Gasteiger partial charge in [0.05, 0.1) is 5.69 Å². The Morgan fingerprint density at radius 1 is 1.10 bits per heavy atom. The van der Waals surface area contributed by atoms with Crippen molar-refractivity contribution in [3.63, 3.8) is 0 Å². The summed E-state index contributed by atoms with van der Waals surface area (Å²) >= 11 is 1.69. The van der Waals surface area contributed by atoms with Crippen LogP contribution in [0.3, 0.4) is 0 Å². The number of hydrogen-bond acceptors (Lipinski definition) is 4.